The highest BCUT2D eigenvalue weighted by Crippen LogP contribution is 2.39. The molecule has 3 rings (SSSR count). The molecule has 0 aliphatic carbocycles. The number of benzene rings is 2. The largest absolute Gasteiger partial charge is 0.493 e. The lowest BCUT2D eigenvalue weighted by molar-refractivity contribution is -0.122. The summed E-state index contributed by atoms with van der Waals surface area (Å²) in [5.74, 6) is 0.706. The SMILES string of the molecule is CCCCOc1c(Br)cc(C=C2SC(=Nc3cccc(C(=O)OCC)c3)N(CC)C2=O)cc1OC. The van der Waals surface area contributed by atoms with E-state index in [-0.39, 0.29) is 5.91 Å². The molecule has 1 fully saturated rings. The molecule has 1 saturated heterocycles. The minimum Gasteiger partial charge on any atom is -0.493 e. The molecular formula is C26H29BrN2O5S. The van der Waals surface area contributed by atoms with Gasteiger partial charge in [-0.3, -0.25) is 9.69 Å². The third kappa shape index (κ3) is 6.67. The van der Waals surface area contributed by atoms with Gasteiger partial charge in [0.15, 0.2) is 16.7 Å². The van der Waals surface area contributed by atoms with Crippen LogP contribution in [0.15, 0.2) is 50.8 Å². The van der Waals surface area contributed by atoms with Crippen LogP contribution in [0.25, 0.3) is 6.08 Å². The highest BCUT2D eigenvalue weighted by Gasteiger charge is 2.32. The van der Waals surface area contributed by atoms with Gasteiger partial charge in [-0.05, 0) is 89.9 Å². The molecule has 1 amide bonds. The van der Waals surface area contributed by atoms with Crippen LogP contribution < -0.4 is 9.47 Å². The molecule has 0 bridgehead atoms. The number of likely N-dealkylation sites (N-methyl/N-ethyl adjacent to an activating group) is 1. The molecule has 1 heterocycles. The molecular weight excluding hydrogens is 532 g/mol. The number of esters is 1. The Balaban J connectivity index is 1.89. The van der Waals surface area contributed by atoms with Gasteiger partial charge in [-0.1, -0.05) is 19.4 Å². The average Bonchev–Trinajstić information content (AvgIpc) is 3.13. The number of rotatable bonds is 10. The van der Waals surface area contributed by atoms with E-state index in [4.69, 9.17) is 14.2 Å². The highest BCUT2D eigenvalue weighted by atomic mass is 79.9. The third-order valence-electron chi connectivity index (χ3n) is 5.08. The minimum atomic E-state index is -0.403. The predicted molar refractivity (Wildman–Crippen MR) is 144 cm³/mol. The molecule has 2 aromatic rings. The molecule has 0 N–H and O–H groups in total. The monoisotopic (exact) mass is 560 g/mol. The maximum Gasteiger partial charge on any atom is 0.338 e. The quantitative estimate of drug-likeness (QED) is 0.189. The van der Waals surface area contributed by atoms with Gasteiger partial charge in [0.2, 0.25) is 0 Å². The molecule has 0 unspecified atom stereocenters. The van der Waals surface area contributed by atoms with Gasteiger partial charge >= 0.3 is 5.97 Å². The van der Waals surface area contributed by atoms with Gasteiger partial charge in [0.25, 0.3) is 5.91 Å². The second-order valence-electron chi connectivity index (χ2n) is 7.56. The lowest BCUT2D eigenvalue weighted by Crippen LogP contribution is -2.28. The van der Waals surface area contributed by atoms with E-state index in [1.165, 1.54) is 11.8 Å². The number of aliphatic imine (C=N–C) groups is 1. The number of unbranched alkanes of at least 4 members (excludes halogenated alkanes) is 1. The van der Waals surface area contributed by atoms with Crippen molar-refractivity contribution in [3.8, 4) is 11.5 Å². The summed E-state index contributed by atoms with van der Waals surface area (Å²) in [6.07, 6.45) is 3.80. The molecule has 1 aliphatic rings. The van der Waals surface area contributed by atoms with Crippen LogP contribution in [-0.4, -0.2) is 48.8 Å². The van der Waals surface area contributed by atoms with E-state index in [1.807, 2.05) is 25.1 Å². The Hall–Kier alpha value is -2.78. The molecule has 0 atom stereocenters. The highest BCUT2D eigenvalue weighted by molar-refractivity contribution is 9.10. The Labute approximate surface area is 218 Å². The molecule has 7 nitrogen and oxygen atoms in total. The summed E-state index contributed by atoms with van der Waals surface area (Å²) < 4.78 is 17.2. The number of methoxy groups -OCH3 is 1. The first-order chi connectivity index (χ1) is 16.9. The molecule has 2 aromatic carbocycles. The molecule has 0 aromatic heterocycles. The Morgan fingerprint density at radius 2 is 2.00 bits per heavy atom. The zero-order valence-electron chi connectivity index (χ0n) is 20.3. The standard InChI is InChI=1S/C26H29BrN2O5S/c1-5-8-12-34-23-20(27)13-17(14-21(23)32-4)15-22-24(30)29(6-2)26(35-22)28-19-11-9-10-18(16-19)25(31)33-7-3/h9-11,13-16H,5-8,12H2,1-4H3. The van der Waals surface area contributed by atoms with Gasteiger partial charge < -0.3 is 14.2 Å². The van der Waals surface area contributed by atoms with Crippen molar-refractivity contribution in [1.29, 1.82) is 0 Å². The molecule has 0 radical (unpaired) electrons. The summed E-state index contributed by atoms with van der Waals surface area (Å²) in [7, 11) is 1.59. The average molecular weight is 561 g/mol. The zero-order chi connectivity index (χ0) is 25.4. The summed E-state index contributed by atoms with van der Waals surface area (Å²) in [5.41, 5.74) is 1.79. The maximum absolute atomic E-state index is 13.1. The van der Waals surface area contributed by atoms with Crippen molar-refractivity contribution in [3.63, 3.8) is 0 Å². The van der Waals surface area contributed by atoms with Gasteiger partial charge in [-0.2, -0.15) is 0 Å². The van der Waals surface area contributed by atoms with E-state index in [0.29, 0.717) is 52.6 Å². The second kappa shape index (κ2) is 12.8. The van der Waals surface area contributed by atoms with Crippen LogP contribution in [0.1, 0.15) is 49.5 Å². The van der Waals surface area contributed by atoms with E-state index in [2.05, 4.69) is 27.8 Å². The van der Waals surface area contributed by atoms with Gasteiger partial charge in [0.1, 0.15) is 0 Å². The molecule has 9 heteroatoms. The van der Waals surface area contributed by atoms with Crippen molar-refractivity contribution in [2.75, 3.05) is 26.9 Å². The third-order valence-corrected chi connectivity index (χ3v) is 6.68. The molecule has 0 spiro atoms. The first-order valence-electron chi connectivity index (χ1n) is 11.5. The maximum atomic E-state index is 13.1. The van der Waals surface area contributed by atoms with Gasteiger partial charge in [0.05, 0.1) is 41.0 Å². The smallest absolute Gasteiger partial charge is 0.338 e. The molecule has 186 valence electrons. The number of hydrogen-bond donors (Lipinski definition) is 0. The summed E-state index contributed by atoms with van der Waals surface area (Å²) >= 11 is 4.86. The first-order valence-corrected chi connectivity index (χ1v) is 13.1. The molecule has 35 heavy (non-hydrogen) atoms. The van der Waals surface area contributed by atoms with Crippen molar-refractivity contribution >= 4 is 56.5 Å². The summed E-state index contributed by atoms with van der Waals surface area (Å²) in [6.45, 7) is 7.13. The van der Waals surface area contributed by atoms with Crippen LogP contribution in [0, 0.1) is 0 Å². The summed E-state index contributed by atoms with van der Waals surface area (Å²) in [6, 6.07) is 10.6. The van der Waals surface area contributed by atoms with Crippen molar-refractivity contribution in [2.24, 2.45) is 4.99 Å². The Morgan fingerprint density at radius 1 is 1.20 bits per heavy atom. The number of carbonyl (C=O) groups excluding carboxylic acids is 2. The zero-order valence-corrected chi connectivity index (χ0v) is 22.7. The van der Waals surface area contributed by atoms with Crippen LogP contribution in [0.3, 0.4) is 0 Å². The fourth-order valence-corrected chi connectivity index (χ4v) is 4.97. The number of amidine groups is 1. The van der Waals surface area contributed by atoms with Crippen molar-refractivity contribution in [1.82, 2.24) is 4.90 Å². The fraction of sp³-hybridized carbons (Fsp3) is 0.346. The van der Waals surface area contributed by atoms with Gasteiger partial charge in [-0.25, -0.2) is 9.79 Å². The number of nitrogens with zero attached hydrogens (tertiary/aromatic N) is 2. The lowest BCUT2D eigenvalue weighted by Gasteiger charge is -2.13. The van der Waals surface area contributed by atoms with E-state index < -0.39 is 5.97 Å². The number of hydrogen-bond acceptors (Lipinski definition) is 7. The molecule has 0 saturated carbocycles. The minimum absolute atomic E-state index is 0.129. The predicted octanol–water partition coefficient (Wildman–Crippen LogP) is 6.44. The first kappa shape index (κ1) is 26.8. The van der Waals surface area contributed by atoms with Crippen molar-refractivity contribution in [2.45, 2.75) is 33.6 Å². The number of ether oxygens (including phenoxy) is 3. The van der Waals surface area contributed by atoms with Crippen LogP contribution in [0.5, 0.6) is 11.5 Å². The number of thioether (sulfide) groups is 1. The van der Waals surface area contributed by atoms with Crippen LogP contribution >= 0.6 is 27.7 Å². The van der Waals surface area contributed by atoms with Gasteiger partial charge in [0, 0.05) is 6.54 Å². The fourth-order valence-electron chi connectivity index (χ4n) is 3.33. The molecule has 1 aliphatic heterocycles. The Morgan fingerprint density at radius 3 is 2.69 bits per heavy atom. The Kier molecular flexibility index (Phi) is 9.80. The van der Waals surface area contributed by atoms with E-state index in [9.17, 15) is 9.59 Å². The van der Waals surface area contributed by atoms with Crippen molar-refractivity contribution in [3.05, 3.63) is 56.9 Å². The number of halogens is 1. The van der Waals surface area contributed by atoms with Gasteiger partial charge in [-0.15, -0.1) is 0 Å². The van der Waals surface area contributed by atoms with E-state index in [1.54, 1.807) is 43.2 Å². The van der Waals surface area contributed by atoms with Crippen LogP contribution in [0.4, 0.5) is 5.69 Å². The van der Waals surface area contributed by atoms with E-state index in [0.717, 1.165) is 22.9 Å². The number of carbonyl (C=O) groups is 2. The van der Waals surface area contributed by atoms with Crippen LogP contribution in [0.2, 0.25) is 0 Å². The second-order valence-corrected chi connectivity index (χ2v) is 9.42. The van der Waals surface area contributed by atoms with Crippen molar-refractivity contribution < 1.29 is 23.8 Å². The summed E-state index contributed by atoms with van der Waals surface area (Å²) in [4.78, 5) is 32.0. The Bertz CT molecular complexity index is 1150. The topological polar surface area (TPSA) is 77.4 Å². The van der Waals surface area contributed by atoms with Crippen LogP contribution in [-0.2, 0) is 9.53 Å². The lowest BCUT2D eigenvalue weighted by atomic mass is 10.2. The normalized spacial score (nSPS) is 15.7. The number of amides is 1. The summed E-state index contributed by atoms with van der Waals surface area (Å²) in [5, 5.41) is 0.551. The van der Waals surface area contributed by atoms with E-state index >= 15 is 0 Å².